The molecule has 1 aliphatic rings. The van der Waals surface area contributed by atoms with Crippen molar-refractivity contribution in [1.29, 1.82) is 0 Å². The lowest BCUT2D eigenvalue weighted by Crippen LogP contribution is -2.50. The summed E-state index contributed by atoms with van der Waals surface area (Å²) in [5.74, 6) is -0.473. The molecule has 0 saturated carbocycles. The lowest BCUT2D eigenvalue weighted by molar-refractivity contribution is -0.384. The van der Waals surface area contributed by atoms with E-state index in [2.05, 4.69) is 4.99 Å². The van der Waals surface area contributed by atoms with E-state index in [1.165, 1.54) is 17.0 Å². The smallest absolute Gasteiger partial charge is 0.343 e. The van der Waals surface area contributed by atoms with Crippen LogP contribution < -0.4 is 5.11 Å². The van der Waals surface area contributed by atoms with Crippen LogP contribution >= 0.6 is 0 Å². The van der Waals surface area contributed by atoms with Crippen LogP contribution in [0.2, 0.25) is 0 Å². The third-order valence-corrected chi connectivity index (χ3v) is 3.11. The maximum Gasteiger partial charge on any atom is 0.343 e. The number of hydrogen-bond donors (Lipinski definition) is 0. The molecule has 0 atom stereocenters. The molecule has 1 aromatic carbocycles. The van der Waals surface area contributed by atoms with Gasteiger partial charge in [-0.2, -0.15) is 0 Å². The van der Waals surface area contributed by atoms with Crippen molar-refractivity contribution in [1.82, 2.24) is 4.90 Å². The molecule has 0 N–H and O–H groups in total. The Morgan fingerprint density at radius 2 is 1.89 bits per heavy atom. The largest absolute Gasteiger partial charge is 0.860 e. The molecule has 0 spiro atoms. The minimum atomic E-state index is -0.973. The summed E-state index contributed by atoms with van der Waals surface area (Å²) in [7, 11) is 0. The Morgan fingerprint density at radius 3 is 2.32 bits per heavy atom. The number of nitro groups is 1. The van der Waals surface area contributed by atoms with Gasteiger partial charge >= 0.3 is 6.03 Å². The zero-order valence-corrected chi connectivity index (χ0v) is 10.5. The molecule has 19 heavy (non-hydrogen) atoms. The standard InChI is InChI=1S/C12H13N3O4/c1-12(2)10(16)13-11(17)14(12)7-8-3-5-9(6-4-8)15(18)19/h3-6H,7H2,1-2H3,(H,13,16,17)/p-1. The van der Waals surface area contributed by atoms with E-state index in [1.54, 1.807) is 26.0 Å². The average molecular weight is 262 g/mol. The second kappa shape index (κ2) is 4.34. The average Bonchev–Trinajstić information content (AvgIpc) is 2.53. The fraction of sp³-hybridized carbons (Fsp3) is 0.333. The van der Waals surface area contributed by atoms with Crippen molar-refractivity contribution < 1.29 is 14.8 Å². The Kier molecular flexibility index (Phi) is 2.97. The van der Waals surface area contributed by atoms with Gasteiger partial charge in [-0.3, -0.25) is 10.1 Å². The van der Waals surface area contributed by atoms with Crippen LogP contribution in [0.4, 0.5) is 10.5 Å². The number of carbonyl (C=O) groups is 1. The van der Waals surface area contributed by atoms with Crippen molar-refractivity contribution in [2.24, 2.45) is 4.99 Å². The summed E-state index contributed by atoms with van der Waals surface area (Å²) in [6, 6.07) is 5.27. The summed E-state index contributed by atoms with van der Waals surface area (Å²) in [6.07, 6.45) is 0. The summed E-state index contributed by atoms with van der Waals surface area (Å²) in [5, 5.41) is 22.1. The van der Waals surface area contributed by atoms with Gasteiger partial charge in [0, 0.05) is 18.7 Å². The van der Waals surface area contributed by atoms with Crippen LogP contribution in [0.1, 0.15) is 19.4 Å². The number of carbonyl (C=O) groups excluding carboxylic acids is 1. The maximum absolute atomic E-state index is 11.6. The summed E-state index contributed by atoms with van der Waals surface area (Å²) in [5.41, 5.74) is -0.285. The normalized spacial score (nSPS) is 17.5. The van der Waals surface area contributed by atoms with Crippen LogP contribution in [-0.4, -0.2) is 27.3 Å². The van der Waals surface area contributed by atoms with Crippen LogP contribution in [0, 0.1) is 10.1 Å². The van der Waals surface area contributed by atoms with Crippen molar-refractivity contribution in [3.63, 3.8) is 0 Å². The summed E-state index contributed by atoms with van der Waals surface area (Å²) in [6.45, 7) is 3.43. The number of benzene rings is 1. The van der Waals surface area contributed by atoms with E-state index in [1.807, 2.05) is 0 Å². The summed E-state index contributed by atoms with van der Waals surface area (Å²) in [4.78, 5) is 26.4. The number of nitro benzene ring substituents is 1. The molecule has 0 saturated heterocycles. The van der Waals surface area contributed by atoms with Crippen LogP contribution in [0.5, 0.6) is 0 Å². The molecule has 1 aromatic rings. The van der Waals surface area contributed by atoms with Gasteiger partial charge in [0.25, 0.3) is 5.69 Å². The molecule has 7 nitrogen and oxygen atoms in total. The second-order valence-corrected chi connectivity index (χ2v) is 4.77. The van der Waals surface area contributed by atoms with E-state index < -0.39 is 22.4 Å². The van der Waals surface area contributed by atoms with E-state index >= 15 is 0 Å². The number of nitrogens with zero attached hydrogens (tertiary/aromatic N) is 3. The monoisotopic (exact) mass is 262 g/mol. The zero-order chi connectivity index (χ0) is 14.2. The third kappa shape index (κ3) is 2.26. The van der Waals surface area contributed by atoms with Gasteiger partial charge in [-0.05, 0) is 25.3 Å². The molecule has 0 bridgehead atoms. The van der Waals surface area contributed by atoms with E-state index in [4.69, 9.17) is 0 Å². The number of rotatable bonds is 3. The molecule has 2 amide bonds. The Hall–Kier alpha value is -2.44. The van der Waals surface area contributed by atoms with Crippen LogP contribution in [0.15, 0.2) is 29.3 Å². The highest BCUT2D eigenvalue weighted by Crippen LogP contribution is 2.25. The number of amides is 2. The minimum absolute atomic E-state index is 0.0171. The first-order valence-electron chi connectivity index (χ1n) is 5.63. The maximum atomic E-state index is 11.6. The SMILES string of the molecule is CC1(C)C([O-])=NC(=O)N1Cc1ccc([N+](=O)[O-])cc1. The Bertz CT molecular complexity index is 563. The fourth-order valence-corrected chi connectivity index (χ4v) is 1.81. The van der Waals surface area contributed by atoms with Crippen molar-refractivity contribution in [2.45, 2.75) is 25.9 Å². The highest BCUT2D eigenvalue weighted by atomic mass is 16.6. The number of urea groups is 1. The van der Waals surface area contributed by atoms with Crippen molar-refractivity contribution in [3.8, 4) is 0 Å². The first-order valence-corrected chi connectivity index (χ1v) is 5.63. The molecule has 100 valence electrons. The van der Waals surface area contributed by atoms with Gasteiger partial charge in [0.15, 0.2) is 0 Å². The first kappa shape index (κ1) is 13.0. The van der Waals surface area contributed by atoms with Gasteiger partial charge in [-0.1, -0.05) is 12.1 Å². The van der Waals surface area contributed by atoms with Gasteiger partial charge in [-0.25, -0.2) is 9.79 Å². The lowest BCUT2D eigenvalue weighted by Gasteiger charge is -2.34. The summed E-state index contributed by atoms with van der Waals surface area (Å²) >= 11 is 0. The Morgan fingerprint density at radius 1 is 1.32 bits per heavy atom. The molecular weight excluding hydrogens is 250 g/mol. The molecule has 1 heterocycles. The Labute approximate surface area is 109 Å². The molecule has 0 radical (unpaired) electrons. The van der Waals surface area contributed by atoms with Crippen LogP contribution in [-0.2, 0) is 6.54 Å². The van der Waals surface area contributed by atoms with E-state index in [9.17, 15) is 20.0 Å². The predicted molar refractivity (Wildman–Crippen MR) is 65.5 cm³/mol. The van der Waals surface area contributed by atoms with Crippen molar-refractivity contribution in [3.05, 3.63) is 39.9 Å². The topological polar surface area (TPSA) is 98.9 Å². The molecular formula is C12H12N3O4-. The number of aliphatic imine (C=N–C) groups is 1. The highest BCUT2D eigenvalue weighted by Gasteiger charge is 2.36. The van der Waals surface area contributed by atoms with Gasteiger partial charge in [0.05, 0.1) is 10.5 Å². The minimum Gasteiger partial charge on any atom is -0.860 e. The zero-order valence-electron chi connectivity index (χ0n) is 10.5. The third-order valence-electron chi connectivity index (χ3n) is 3.11. The Balaban J connectivity index is 2.18. The molecule has 1 aliphatic heterocycles. The lowest BCUT2D eigenvalue weighted by atomic mass is 10.0. The van der Waals surface area contributed by atoms with Gasteiger partial charge in [0.1, 0.15) is 0 Å². The first-order chi connectivity index (χ1) is 8.82. The van der Waals surface area contributed by atoms with Crippen molar-refractivity contribution in [2.75, 3.05) is 0 Å². The molecule has 2 rings (SSSR count). The van der Waals surface area contributed by atoms with Gasteiger partial charge in [-0.15, -0.1) is 0 Å². The number of hydrogen-bond acceptors (Lipinski definition) is 4. The van der Waals surface area contributed by atoms with E-state index in [0.29, 0.717) is 5.56 Å². The van der Waals surface area contributed by atoms with Gasteiger partial charge < -0.3 is 10.0 Å². The fourth-order valence-electron chi connectivity index (χ4n) is 1.81. The van der Waals surface area contributed by atoms with E-state index in [0.717, 1.165) is 0 Å². The van der Waals surface area contributed by atoms with E-state index in [-0.39, 0.29) is 12.2 Å². The van der Waals surface area contributed by atoms with Gasteiger partial charge in [0.2, 0.25) is 0 Å². The molecule has 0 fully saturated rings. The molecule has 0 unspecified atom stereocenters. The number of non-ortho nitro benzene ring substituents is 1. The van der Waals surface area contributed by atoms with Crippen molar-refractivity contribution >= 4 is 17.6 Å². The second-order valence-electron chi connectivity index (χ2n) is 4.77. The summed E-state index contributed by atoms with van der Waals surface area (Å²) < 4.78 is 0. The predicted octanol–water partition coefficient (Wildman–Crippen LogP) is 1.07. The molecule has 0 aromatic heterocycles. The molecule has 7 heteroatoms. The van der Waals surface area contributed by atoms with Crippen LogP contribution in [0.25, 0.3) is 0 Å². The molecule has 0 aliphatic carbocycles. The quantitative estimate of drug-likeness (QED) is 0.600. The van der Waals surface area contributed by atoms with Crippen LogP contribution in [0.3, 0.4) is 0 Å². The highest BCUT2D eigenvalue weighted by molar-refractivity contribution is 6.00.